The summed E-state index contributed by atoms with van der Waals surface area (Å²) in [6.07, 6.45) is 0. The van der Waals surface area contributed by atoms with Gasteiger partial charge in [-0.25, -0.2) is 9.78 Å². The molecule has 0 saturated carbocycles. The predicted octanol–water partition coefficient (Wildman–Crippen LogP) is 6.00. The number of halogens is 2. The molecule has 0 radical (unpaired) electrons. The Hall–Kier alpha value is -1.95. The normalized spacial score (nSPS) is 11.1. The Bertz CT molecular complexity index is 1100. The quantitative estimate of drug-likeness (QED) is 0.375. The van der Waals surface area contributed by atoms with Crippen LogP contribution in [0.3, 0.4) is 0 Å². The third-order valence-electron chi connectivity index (χ3n) is 3.57. The van der Waals surface area contributed by atoms with E-state index in [1.165, 1.54) is 11.3 Å². The summed E-state index contributed by atoms with van der Waals surface area (Å²) >= 11 is 10.8. The highest BCUT2D eigenvalue weighted by Crippen LogP contribution is 2.30. The number of hydrogen-bond donors (Lipinski definition) is 0. The fraction of sp³-hybridized carbons (Fsp3) is 0. The lowest BCUT2D eigenvalue weighted by atomic mass is 10.1. The number of benzene rings is 2. The Morgan fingerprint density at radius 3 is 2.67 bits per heavy atom. The van der Waals surface area contributed by atoms with Gasteiger partial charge in [0, 0.05) is 25.8 Å². The SMILES string of the molecule is O=c1oc2ccc(Br)cc2cc1-c1nc(-c2ccc(Cl)cc2)cs1. The van der Waals surface area contributed by atoms with Crippen LogP contribution in [0.15, 0.2) is 67.6 Å². The monoisotopic (exact) mass is 417 g/mol. The van der Waals surface area contributed by atoms with Crippen LogP contribution >= 0.6 is 38.9 Å². The molecule has 0 unspecified atom stereocenters. The number of aromatic nitrogens is 1. The lowest BCUT2D eigenvalue weighted by Crippen LogP contribution is -2.02. The van der Waals surface area contributed by atoms with E-state index in [1.54, 1.807) is 6.07 Å². The van der Waals surface area contributed by atoms with E-state index in [0.717, 1.165) is 21.1 Å². The van der Waals surface area contributed by atoms with Crippen molar-refractivity contribution < 1.29 is 4.42 Å². The second kappa shape index (κ2) is 6.16. The fourth-order valence-corrected chi connectivity index (χ4v) is 3.73. The molecule has 0 bridgehead atoms. The topological polar surface area (TPSA) is 43.1 Å². The summed E-state index contributed by atoms with van der Waals surface area (Å²) in [6.45, 7) is 0. The van der Waals surface area contributed by atoms with Crippen LogP contribution in [0.1, 0.15) is 0 Å². The maximum absolute atomic E-state index is 12.3. The minimum Gasteiger partial charge on any atom is -0.422 e. The number of thiazole rings is 1. The first-order chi connectivity index (χ1) is 11.6. The van der Waals surface area contributed by atoms with Crippen molar-refractivity contribution >= 4 is 49.8 Å². The molecule has 0 spiro atoms. The third-order valence-corrected chi connectivity index (χ3v) is 5.19. The summed E-state index contributed by atoms with van der Waals surface area (Å²) in [5.74, 6) is 0. The predicted molar refractivity (Wildman–Crippen MR) is 102 cm³/mol. The summed E-state index contributed by atoms with van der Waals surface area (Å²) < 4.78 is 6.33. The number of hydrogen-bond acceptors (Lipinski definition) is 4. The molecule has 2 aromatic heterocycles. The molecule has 0 aliphatic rings. The lowest BCUT2D eigenvalue weighted by molar-refractivity contribution is 0.563. The van der Waals surface area contributed by atoms with Crippen LogP contribution in [0.2, 0.25) is 5.02 Å². The lowest BCUT2D eigenvalue weighted by Gasteiger charge is -2.00. The van der Waals surface area contributed by atoms with Crippen molar-refractivity contribution in [3.05, 3.63) is 73.8 Å². The van der Waals surface area contributed by atoms with E-state index in [9.17, 15) is 4.79 Å². The van der Waals surface area contributed by atoms with Crippen LogP contribution in [0.5, 0.6) is 0 Å². The molecule has 0 amide bonds. The van der Waals surface area contributed by atoms with Gasteiger partial charge in [-0.15, -0.1) is 11.3 Å². The third kappa shape index (κ3) is 2.90. The maximum atomic E-state index is 12.3. The van der Waals surface area contributed by atoms with E-state index in [1.807, 2.05) is 47.8 Å². The molecule has 3 nitrogen and oxygen atoms in total. The molecule has 2 aromatic carbocycles. The minimum atomic E-state index is -0.387. The van der Waals surface area contributed by atoms with Crippen molar-refractivity contribution in [1.82, 2.24) is 4.98 Å². The molecule has 24 heavy (non-hydrogen) atoms. The highest BCUT2D eigenvalue weighted by atomic mass is 79.9. The molecule has 0 N–H and O–H groups in total. The van der Waals surface area contributed by atoms with Crippen molar-refractivity contribution in [2.24, 2.45) is 0 Å². The van der Waals surface area contributed by atoms with Crippen LogP contribution in [-0.2, 0) is 0 Å². The molecule has 0 aliphatic carbocycles. The summed E-state index contributed by atoms with van der Waals surface area (Å²) in [6, 6.07) is 14.8. The minimum absolute atomic E-state index is 0.387. The van der Waals surface area contributed by atoms with Gasteiger partial charge in [-0.05, 0) is 36.4 Å². The van der Waals surface area contributed by atoms with Gasteiger partial charge in [-0.1, -0.05) is 39.7 Å². The zero-order valence-corrected chi connectivity index (χ0v) is 15.3. The number of rotatable bonds is 2. The van der Waals surface area contributed by atoms with E-state index in [4.69, 9.17) is 16.0 Å². The second-order valence-corrected chi connectivity index (χ2v) is 7.38. The molecule has 0 saturated heterocycles. The first kappa shape index (κ1) is 15.6. The molecular weight excluding hydrogens is 410 g/mol. The Morgan fingerprint density at radius 2 is 1.88 bits per heavy atom. The van der Waals surface area contributed by atoms with Gasteiger partial charge in [0.1, 0.15) is 10.6 Å². The van der Waals surface area contributed by atoms with E-state index in [2.05, 4.69) is 20.9 Å². The Balaban J connectivity index is 1.81. The average Bonchev–Trinajstić information content (AvgIpc) is 3.05. The maximum Gasteiger partial charge on any atom is 0.346 e. The van der Waals surface area contributed by atoms with Gasteiger partial charge < -0.3 is 4.42 Å². The molecule has 2 heterocycles. The Kier molecular flexibility index (Phi) is 4.00. The van der Waals surface area contributed by atoms with Gasteiger partial charge in [-0.3, -0.25) is 0 Å². The van der Waals surface area contributed by atoms with E-state index >= 15 is 0 Å². The van der Waals surface area contributed by atoms with Gasteiger partial charge >= 0.3 is 5.63 Å². The fourth-order valence-electron chi connectivity index (χ4n) is 2.39. The van der Waals surface area contributed by atoms with Crippen molar-refractivity contribution in [2.75, 3.05) is 0 Å². The summed E-state index contributed by atoms with van der Waals surface area (Å²) in [5.41, 5.74) is 2.39. The highest BCUT2D eigenvalue weighted by molar-refractivity contribution is 9.10. The van der Waals surface area contributed by atoms with Crippen molar-refractivity contribution in [3.63, 3.8) is 0 Å². The van der Waals surface area contributed by atoms with E-state index < -0.39 is 0 Å². The van der Waals surface area contributed by atoms with Gasteiger partial charge in [0.15, 0.2) is 0 Å². The van der Waals surface area contributed by atoms with Crippen LogP contribution in [0.25, 0.3) is 32.8 Å². The van der Waals surface area contributed by atoms with Crippen LogP contribution in [0, 0.1) is 0 Å². The molecule has 0 aliphatic heterocycles. The highest BCUT2D eigenvalue weighted by Gasteiger charge is 2.13. The van der Waals surface area contributed by atoms with Crippen LogP contribution in [-0.4, -0.2) is 4.98 Å². The number of fused-ring (bicyclic) bond motifs is 1. The summed E-state index contributed by atoms with van der Waals surface area (Å²) in [4.78, 5) is 16.9. The zero-order chi connectivity index (χ0) is 16.7. The molecule has 6 heteroatoms. The molecule has 118 valence electrons. The molecular formula is C18H9BrClNO2S. The van der Waals surface area contributed by atoms with Crippen molar-refractivity contribution in [1.29, 1.82) is 0 Å². The standard InChI is InChI=1S/C18H9BrClNO2S/c19-12-3-6-16-11(7-12)8-14(18(22)23-16)17-21-15(9-24-17)10-1-4-13(20)5-2-10/h1-9H. The number of nitrogens with zero attached hydrogens (tertiary/aromatic N) is 1. The Labute approximate surface area is 154 Å². The van der Waals surface area contributed by atoms with Crippen molar-refractivity contribution in [3.8, 4) is 21.8 Å². The summed E-state index contributed by atoms with van der Waals surface area (Å²) in [5, 5.41) is 4.08. The molecule has 4 rings (SSSR count). The van der Waals surface area contributed by atoms with Crippen LogP contribution < -0.4 is 5.63 Å². The second-order valence-electron chi connectivity index (χ2n) is 5.17. The summed E-state index contributed by atoms with van der Waals surface area (Å²) in [7, 11) is 0. The van der Waals surface area contributed by atoms with Gasteiger partial charge in [0.05, 0.1) is 11.3 Å². The first-order valence-corrected chi connectivity index (χ1v) is 9.10. The van der Waals surface area contributed by atoms with Gasteiger partial charge in [0.25, 0.3) is 0 Å². The largest absolute Gasteiger partial charge is 0.422 e. The van der Waals surface area contributed by atoms with Gasteiger partial charge in [-0.2, -0.15) is 0 Å². The zero-order valence-electron chi connectivity index (χ0n) is 12.1. The smallest absolute Gasteiger partial charge is 0.346 e. The van der Waals surface area contributed by atoms with E-state index in [0.29, 0.717) is 21.2 Å². The first-order valence-electron chi connectivity index (χ1n) is 7.05. The molecule has 0 atom stereocenters. The van der Waals surface area contributed by atoms with Crippen molar-refractivity contribution in [2.45, 2.75) is 0 Å². The molecule has 4 aromatic rings. The van der Waals surface area contributed by atoms with Gasteiger partial charge in [0.2, 0.25) is 0 Å². The van der Waals surface area contributed by atoms with Crippen LogP contribution in [0.4, 0.5) is 0 Å². The molecule has 0 fully saturated rings. The average molecular weight is 419 g/mol. The van der Waals surface area contributed by atoms with E-state index in [-0.39, 0.29) is 5.63 Å². The Morgan fingerprint density at radius 1 is 1.08 bits per heavy atom.